The summed E-state index contributed by atoms with van der Waals surface area (Å²) in [5.74, 6) is -1.98. The average molecular weight is 455 g/mol. The largest absolute Gasteiger partial charge is 0.507 e. The molecule has 2 aromatic heterocycles. The van der Waals surface area contributed by atoms with Crippen LogP contribution >= 0.6 is 0 Å². The number of hydrogen-bond acceptors (Lipinski definition) is 6. The van der Waals surface area contributed by atoms with Gasteiger partial charge in [-0.05, 0) is 57.7 Å². The Kier molecular flexibility index (Phi) is 4.93. The molecule has 0 spiro atoms. The second-order valence-electron chi connectivity index (χ2n) is 10.0. The summed E-state index contributed by atoms with van der Waals surface area (Å²) in [6.45, 7) is 4.53. The number of phenolic OH excluding ortho intramolecular Hbond substituents is 1. The lowest BCUT2D eigenvalue weighted by atomic mass is 9.84. The number of aryl methyl sites for hydroxylation is 1. The third kappa shape index (κ3) is 3.74. The van der Waals surface area contributed by atoms with Gasteiger partial charge in [0, 0.05) is 48.5 Å². The zero-order valence-corrected chi connectivity index (χ0v) is 19.2. The first-order chi connectivity index (χ1) is 15.6. The van der Waals surface area contributed by atoms with E-state index in [-0.39, 0.29) is 27.9 Å². The van der Waals surface area contributed by atoms with Crippen LogP contribution in [0.3, 0.4) is 0 Å². The van der Waals surface area contributed by atoms with Crippen molar-refractivity contribution in [3.8, 4) is 28.1 Å². The van der Waals surface area contributed by atoms with Crippen molar-refractivity contribution in [2.75, 3.05) is 11.9 Å². The highest BCUT2D eigenvalue weighted by atomic mass is 19.2. The number of fused-ring (bicyclic) bond motifs is 2. The summed E-state index contributed by atoms with van der Waals surface area (Å²) >= 11 is 0. The van der Waals surface area contributed by atoms with E-state index < -0.39 is 17.4 Å². The zero-order chi connectivity index (χ0) is 23.5. The molecular formula is C24H28F2N6O. The van der Waals surface area contributed by atoms with E-state index >= 15 is 0 Å². The van der Waals surface area contributed by atoms with Gasteiger partial charge < -0.3 is 15.3 Å². The molecule has 0 amide bonds. The molecule has 2 aliphatic rings. The molecule has 0 unspecified atom stereocenters. The molecule has 2 aliphatic heterocycles. The van der Waals surface area contributed by atoms with E-state index in [2.05, 4.69) is 39.4 Å². The van der Waals surface area contributed by atoms with Gasteiger partial charge in [-0.15, -0.1) is 10.2 Å². The number of aromatic hydroxyl groups is 1. The summed E-state index contributed by atoms with van der Waals surface area (Å²) in [5.41, 5.74) is 0.305. The van der Waals surface area contributed by atoms with Crippen LogP contribution in [0.2, 0.25) is 0 Å². The third-order valence-electron chi connectivity index (χ3n) is 7.22. The van der Waals surface area contributed by atoms with E-state index in [4.69, 9.17) is 0 Å². The molecule has 5 rings (SSSR count). The van der Waals surface area contributed by atoms with Crippen LogP contribution in [0.4, 0.5) is 14.6 Å². The van der Waals surface area contributed by atoms with Gasteiger partial charge in [0.1, 0.15) is 5.75 Å². The number of nitrogens with one attached hydrogen (secondary N) is 1. The Labute approximate surface area is 191 Å². The second kappa shape index (κ2) is 7.48. The van der Waals surface area contributed by atoms with Crippen LogP contribution < -0.4 is 10.2 Å². The normalized spacial score (nSPS) is 26.5. The summed E-state index contributed by atoms with van der Waals surface area (Å²) in [5, 5.41) is 26.7. The van der Waals surface area contributed by atoms with Crippen LogP contribution in [0.25, 0.3) is 22.4 Å². The second-order valence-corrected chi connectivity index (χ2v) is 10.0. The summed E-state index contributed by atoms with van der Waals surface area (Å²) in [4.78, 5) is 2.11. The molecule has 7 nitrogen and oxygen atoms in total. The topological polar surface area (TPSA) is 79.1 Å². The Bertz CT molecular complexity index is 1190. The molecule has 2 N–H and O–H groups in total. The predicted octanol–water partition coefficient (Wildman–Crippen LogP) is 4.03. The highest BCUT2D eigenvalue weighted by molar-refractivity contribution is 5.75. The fourth-order valence-corrected chi connectivity index (χ4v) is 5.56. The van der Waals surface area contributed by atoms with Crippen molar-refractivity contribution in [2.45, 2.75) is 56.7 Å². The molecule has 0 saturated carbocycles. The molecule has 4 heterocycles. The maximum Gasteiger partial charge on any atom is 0.172 e. The van der Waals surface area contributed by atoms with Gasteiger partial charge in [-0.3, -0.25) is 4.68 Å². The maximum atomic E-state index is 15.0. The number of anilines is 1. The van der Waals surface area contributed by atoms with E-state index in [1.807, 2.05) is 7.05 Å². The Morgan fingerprint density at radius 1 is 1.12 bits per heavy atom. The molecule has 0 aliphatic carbocycles. The Hall–Kier alpha value is -3.07. The van der Waals surface area contributed by atoms with Crippen molar-refractivity contribution in [3.63, 3.8) is 0 Å². The summed E-state index contributed by atoms with van der Waals surface area (Å²) in [6, 6.07) is 4.80. The number of benzene rings is 1. The molecule has 33 heavy (non-hydrogen) atoms. The van der Waals surface area contributed by atoms with Crippen molar-refractivity contribution in [2.24, 2.45) is 7.05 Å². The highest BCUT2D eigenvalue weighted by Gasteiger charge is 2.49. The van der Waals surface area contributed by atoms with E-state index in [0.717, 1.165) is 25.7 Å². The summed E-state index contributed by atoms with van der Waals surface area (Å²) in [7, 11) is 3.67. The first-order valence-corrected chi connectivity index (χ1v) is 11.1. The minimum atomic E-state index is -1.17. The third-order valence-corrected chi connectivity index (χ3v) is 7.22. The lowest BCUT2D eigenvalue weighted by molar-refractivity contribution is 0.207. The van der Waals surface area contributed by atoms with E-state index in [0.29, 0.717) is 17.4 Å². The van der Waals surface area contributed by atoms with Crippen molar-refractivity contribution in [1.82, 2.24) is 25.3 Å². The molecule has 3 aromatic rings. The van der Waals surface area contributed by atoms with Gasteiger partial charge in [-0.1, -0.05) is 0 Å². The van der Waals surface area contributed by atoms with Gasteiger partial charge in [0.2, 0.25) is 0 Å². The first-order valence-electron chi connectivity index (χ1n) is 11.1. The Morgan fingerprint density at radius 2 is 1.82 bits per heavy atom. The number of phenols is 1. The molecule has 2 saturated heterocycles. The molecule has 2 bridgehead atoms. The SMILES string of the molecule is CN(c1ccc(-c2c(O)cc(-c3cnn(C)c3)c(F)c2F)nn1)[C@H]1C[C@]2(C)CC[C@](C)(C1)N2. The van der Waals surface area contributed by atoms with E-state index in [1.165, 1.54) is 16.9 Å². The molecule has 174 valence electrons. The number of nitrogens with zero attached hydrogens (tertiary/aromatic N) is 5. The van der Waals surface area contributed by atoms with Crippen LogP contribution in [0.15, 0.2) is 30.6 Å². The fourth-order valence-electron chi connectivity index (χ4n) is 5.56. The van der Waals surface area contributed by atoms with Crippen LogP contribution in [0, 0.1) is 11.6 Å². The summed E-state index contributed by atoms with van der Waals surface area (Å²) in [6.07, 6.45) is 7.26. The van der Waals surface area contributed by atoms with Crippen molar-refractivity contribution >= 4 is 5.82 Å². The van der Waals surface area contributed by atoms with Gasteiger partial charge in [0.25, 0.3) is 0 Å². The standard InChI is InChI=1S/C24H28F2N6O/c1-23-7-8-24(2,30-23)11-15(10-23)32(4)19-6-5-17(28-29-19)20-18(33)9-16(21(25)22(20)26)14-12-27-31(3)13-14/h5-6,9,12-13,15,30,33H,7-8,10-11H2,1-4H3/t15-,23-,24+. The quantitative estimate of drug-likeness (QED) is 0.620. The van der Waals surface area contributed by atoms with Gasteiger partial charge in [-0.2, -0.15) is 5.10 Å². The van der Waals surface area contributed by atoms with Gasteiger partial charge in [0.15, 0.2) is 17.5 Å². The molecule has 3 atom stereocenters. The number of hydrogen-bond donors (Lipinski definition) is 2. The van der Waals surface area contributed by atoms with Crippen LogP contribution in [0.5, 0.6) is 5.75 Å². The summed E-state index contributed by atoms with van der Waals surface area (Å²) < 4.78 is 31.3. The number of aromatic nitrogens is 4. The van der Waals surface area contributed by atoms with Gasteiger partial charge in [-0.25, -0.2) is 8.78 Å². The number of piperidine rings is 1. The van der Waals surface area contributed by atoms with E-state index in [9.17, 15) is 13.9 Å². The van der Waals surface area contributed by atoms with Crippen molar-refractivity contribution in [1.29, 1.82) is 0 Å². The highest BCUT2D eigenvalue weighted by Crippen LogP contribution is 2.44. The van der Waals surface area contributed by atoms with Crippen molar-refractivity contribution < 1.29 is 13.9 Å². The van der Waals surface area contributed by atoms with Gasteiger partial charge >= 0.3 is 0 Å². The molecule has 9 heteroatoms. The fraction of sp³-hybridized carbons (Fsp3) is 0.458. The van der Waals surface area contributed by atoms with E-state index in [1.54, 1.807) is 25.4 Å². The minimum Gasteiger partial charge on any atom is -0.507 e. The molecule has 1 aromatic carbocycles. The molecule has 0 radical (unpaired) electrons. The monoisotopic (exact) mass is 454 g/mol. The minimum absolute atomic E-state index is 0.0614. The predicted molar refractivity (Wildman–Crippen MR) is 122 cm³/mol. The van der Waals surface area contributed by atoms with Crippen LogP contribution in [0.1, 0.15) is 39.5 Å². The smallest absolute Gasteiger partial charge is 0.172 e. The number of halogens is 2. The first kappa shape index (κ1) is 21.8. The number of rotatable bonds is 4. The molecule has 2 fully saturated rings. The maximum absolute atomic E-state index is 15.0. The van der Waals surface area contributed by atoms with Crippen LogP contribution in [-0.2, 0) is 7.05 Å². The van der Waals surface area contributed by atoms with Crippen molar-refractivity contribution in [3.05, 3.63) is 42.2 Å². The molecular weight excluding hydrogens is 426 g/mol. The average Bonchev–Trinajstić information content (AvgIpc) is 3.29. The Morgan fingerprint density at radius 3 is 2.39 bits per heavy atom. The Balaban J connectivity index is 1.42. The van der Waals surface area contributed by atoms with Crippen LogP contribution in [-0.4, -0.2) is 49.3 Å². The zero-order valence-electron chi connectivity index (χ0n) is 19.2. The lowest BCUT2D eigenvalue weighted by Gasteiger charge is -2.45. The lowest BCUT2D eigenvalue weighted by Crippen LogP contribution is -2.58. The van der Waals surface area contributed by atoms with Gasteiger partial charge in [0.05, 0.1) is 17.5 Å².